The van der Waals surface area contributed by atoms with Gasteiger partial charge in [0, 0.05) is 0 Å². The zero-order valence-corrected chi connectivity index (χ0v) is 6.99. The Hall–Kier alpha value is -0.570. The topological polar surface area (TPSA) is 49.8 Å². The van der Waals surface area contributed by atoms with Crippen LogP contribution in [0.15, 0.2) is 0 Å². The molecule has 1 saturated heterocycles. The lowest BCUT2D eigenvalue weighted by Gasteiger charge is -2.27. The third-order valence-corrected chi connectivity index (χ3v) is 3.93. The number of aliphatic carboxylic acids is 1. The Morgan fingerprint density at radius 3 is 2.83 bits per heavy atom. The molecule has 66 valence electrons. The van der Waals surface area contributed by atoms with Crippen molar-refractivity contribution in [2.45, 2.75) is 31.5 Å². The van der Waals surface area contributed by atoms with E-state index in [9.17, 15) is 4.79 Å². The molecule has 3 aliphatic rings. The second-order valence-corrected chi connectivity index (χ2v) is 4.47. The van der Waals surface area contributed by atoms with Gasteiger partial charge in [-0.05, 0) is 24.7 Å². The van der Waals surface area contributed by atoms with E-state index in [-0.39, 0.29) is 11.5 Å². The van der Waals surface area contributed by atoms with Gasteiger partial charge in [0.15, 0.2) is 0 Å². The van der Waals surface area contributed by atoms with Gasteiger partial charge in [-0.1, -0.05) is 6.92 Å². The maximum Gasteiger partial charge on any atom is 0.309 e. The van der Waals surface area contributed by atoms with Crippen LogP contribution in [0.3, 0.4) is 0 Å². The van der Waals surface area contributed by atoms with Crippen LogP contribution in [-0.4, -0.2) is 22.8 Å². The molecule has 2 aliphatic carbocycles. The minimum Gasteiger partial charge on any atom is -0.481 e. The Balaban J connectivity index is 1.94. The van der Waals surface area contributed by atoms with Crippen LogP contribution in [0.4, 0.5) is 0 Å². The molecule has 5 atom stereocenters. The summed E-state index contributed by atoms with van der Waals surface area (Å²) < 4.78 is 5.50. The summed E-state index contributed by atoms with van der Waals surface area (Å²) in [6.07, 6.45) is 2.12. The predicted octanol–water partition coefficient (Wildman–Crippen LogP) is 0.885. The van der Waals surface area contributed by atoms with Crippen LogP contribution in [0, 0.1) is 17.8 Å². The van der Waals surface area contributed by atoms with E-state index < -0.39 is 5.97 Å². The number of ether oxygens (including phenoxy) is 1. The van der Waals surface area contributed by atoms with Crippen LogP contribution >= 0.6 is 0 Å². The SMILES string of the molecule is C[C@@H]1CC23OC2[C@@H]1C[C@@H]3C(=O)O. The first-order valence-electron chi connectivity index (χ1n) is 4.56. The molecule has 3 nitrogen and oxygen atoms in total. The number of rotatable bonds is 1. The number of carboxylic acids is 1. The monoisotopic (exact) mass is 168 g/mol. The fourth-order valence-corrected chi connectivity index (χ4v) is 3.33. The molecule has 2 unspecified atom stereocenters. The van der Waals surface area contributed by atoms with Gasteiger partial charge >= 0.3 is 5.97 Å². The summed E-state index contributed by atoms with van der Waals surface area (Å²) in [5.74, 6) is 0.348. The summed E-state index contributed by atoms with van der Waals surface area (Å²) in [6, 6.07) is 0. The van der Waals surface area contributed by atoms with E-state index in [2.05, 4.69) is 6.92 Å². The summed E-state index contributed by atoms with van der Waals surface area (Å²) in [7, 11) is 0. The minimum atomic E-state index is -0.660. The van der Waals surface area contributed by atoms with Gasteiger partial charge < -0.3 is 9.84 Å². The van der Waals surface area contributed by atoms with Gasteiger partial charge in [0.05, 0.1) is 12.0 Å². The molecule has 1 heterocycles. The lowest BCUT2D eigenvalue weighted by molar-refractivity contribution is -0.146. The van der Waals surface area contributed by atoms with Crippen LogP contribution < -0.4 is 0 Å². The maximum absolute atomic E-state index is 10.8. The highest BCUT2D eigenvalue weighted by Gasteiger charge is 2.76. The van der Waals surface area contributed by atoms with Crippen molar-refractivity contribution < 1.29 is 14.6 Å². The number of hydrogen-bond acceptors (Lipinski definition) is 2. The number of carboxylic acid groups (broad SMARTS) is 1. The van der Waals surface area contributed by atoms with Crippen LogP contribution in [0.1, 0.15) is 19.8 Å². The summed E-state index contributed by atoms with van der Waals surface area (Å²) in [5.41, 5.74) is -0.212. The standard InChI is InChI=1S/C9H12O3/c1-4-3-9-6(8(10)11)2-5(4)7(9)12-9/h4-7H,2-3H2,1H3,(H,10,11)/t4-,5-,6-,7?,9?/m1/s1. The molecule has 0 aromatic heterocycles. The van der Waals surface area contributed by atoms with E-state index in [0.29, 0.717) is 17.9 Å². The van der Waals surface area contributed by atoms with Gasteiger partial charge in [-0.25, -0.2) is 0 Å². The number of epoxide rings is 1. The van der Waals surface area contributed by atoms with Crippen molar-refractivity contribution in [2.75, 3.05) is 0 Å². The normalized spacial score (nSPS) is 60.1. The molecular weight excluding hydrogens is 156 g/mol. The van der Waals surface area contributed by atoms with E-state index in [1.165, 1.54) is 0 Å². The average Bonchev–Trinajstić information content (AvgIpc) is 2.50. The smallest absolute Gasteiger partial charge is 0.309 e. The van der Waals surface area contributed by atoms with E-state index in [1.54, 1.807) is 0 Å². The van der Waals surface area contributed by atoms with Gasteiger partial charge in [0.1, 0.15) is 5.60 Å². The fourth-order valence-electron chi connectivity index (χ4n) is 3.33. The molecule has 0 amide bonds. The second kappa shape index (κ2) is 1.69. The van der Waals surface area contributed by atoms with Crippen molar-refractivity contribution in [1.82, 2.24) is 0 Å². The van der Waals surface area contributed by atoms with Crippen molar-refractivity contribution >= 4 is 5.97 Å². The highest BCUT2D eigenvalue weighted by Crippen LogP contribution is 2.67. The first-order valence-corrected chi connectivity index (χ1v) is 4.56. The van der Waals surface area contributed by atoms with Crippen molar-refractivity contribution in [1.29, 1.82) is 0 Å². The maximum atomic E-state index is 10.8. The van der Waals surface area contributed by atoms with E-state index in [0.717, 1.165) is 12.8 Å². The van der Waals surface area contributed by atoms with Crippen LogP contribution in [0.5, 0.6) is 0 Å². The van der Waals surface area contributed by atoms with Gasteiger partial charge in [-0.15, -0.1) is 0 Å². The molecular formula is C9H12O3. The average molecular weight is 168 g/mol. The molecule has 2 saturated carbocycles. The Kier molecular flexibility index (Phi) is 0.971. The van der Waals surface area contributed by atoms with Gasteiger partial charge in [-0.3, -0.25) is 4.79 Å². The zero-order chi connectivity index (χ0) is 8.51. The summed E-state index contributed by atoms with van der Waals surface area (Å²) >= 11 is 0. The summed E-state index contributed by atoms with van der Waals surface area (Å²) in [4.78, 5) is 10.8. The molecule has 1 N–H and O–H groups in total. The fraction of sp³-hybridized carbons (Fsp3) is 0.889. The quantitative estimate of drug-likeness (QED) is 0.591. The van der Waals surface area contributed by atoms with E-state index in [4.69, 9.17) is 9.84 Å². The van der Waals surface area contributed by atoms with Crippen LogP contribution in [-0.2, 0) is 9.53 Å². The largest absolute Gasteiger partial charge is 0.481 e. The Morgan fingerprint density at radius 2 is 2.42 bits per heavy atom. The van der Waals surface area contributed by atoms with Crippen LogP contribution in [0.25, 0.3) is 0 Å². The highest BCUT2D eigenvalue weighted by atomic mass is 16.6. The Labute approximate surface area is 70.7 Å². The summed E-state index contributed by atoms with van der Waals surface area (Å²) in [5, 5.41) is 8.93. The molecule has 0 spiro atoms. The van der Waals surface area contributed by atoms with Gasteiger partial charge in [0.2, 0.25) is 0 Å². The summed E-state index contributed by atoms with van der Waals surface area (Å²) in [6.45, 7) is 2.21. The molecule has 0 radical (unpaired) electrons. The lowest BCUT2D eigenvalue weighted by Crippen LogP contribution is -2.33. The number of hydrogen-bond donors (Lipinski definition) is 1. The minimum absolute atomic E-state index is 0.205. The molecule has 1 aliphatic heterocycles. The zero-order valence-electron chi connectivity index (χ0n) is 6.99. The van der Waals surface area contributed by atoms with Crippen molar-refractivity contribution in [3.05, 3.63) is 0 Å². The van der Waals surface area contributed by atoms with Crippen molar-refractivity contribution in [3.63, 3.8) is 0 Å². The molecule has 12 heavy (non-hydrogen) atoms. The van der Waals surface area contributed by atoms with E-state index in [1.807, 2.05) is 0 Å². The van der Waals surface area contributed by atoms with E-state index >= 15 is 0 Å². The van der Waals surface area contributed by atoms with Crippen LogP contribution in [0.2, 0.25) is 0 Å². The van der Waals surface area contributed by atoms with Crippen molar-refractivity contribution in [3.8, 4) is 0 Å². The molecule has 3 rings (SSSR count). The molecule has 3 heteroatoms. The van der Waals surface area contributed by atoms with Gasteiger partial charge in [0.25, 0.3) is 0 Å². The molecule has 0 aromatic carbocycles. The Bertz CT molecular complexity index is 262. The first kappa shape index (κ1) is 6.89. The first-order chi connectivity index (χ1) is 5.65. The lowest BCUT2D eigenvalue weighted by atomic mass is 9.81. The highest BCUT2D eigenvalue weighted by molar-refractivity contribution is 5.74. The molecule has 3 fully saturated rings. The third-order valence-electron chi connectivity index (χ3n) is 3.93. The molecule has 2 bridgehead atoms. The predicted molar refractivity (Wildman–Crippen MR) is 40.6 cm³/mol. The Morgan fingerprint density at radius 1 is 1.67 bits per heavy atom. The van der Waals surface area contributed by atoms with Crippen molar-refractivity contribution in [2.24, 2.45) is 17.8 Å². The third kappa shape index (κ3) is 0.534. The second-order valence-electron chi connectivity index (χ2n) is 4.47. The number of carbonyl (C=O) groups is 1. The molecule has 0 aromatic rings. The van der Waals surface area contributed by atoms with Gasteiger partial charge in [-0.2, -0.15) is 0 Å².